The Labute approximate surface area is 121 Å². The molecule has 1 amide bonds. The smallest absolute Gasteiger partial charge is 0.260 e. The molecular weight excluding hydrogens is 278 g/mol. The molecule has 0 spiro atoms. The van der Waals surface area contributed by atoms with Crippen molar-refractivity contribution in [3.05, 3.63) is 62.8 Å². The van der Waals surface area contributed by atoms with Crippen LogP contribution in [0.3, 0.4) is 0 Å². The van der Waals surface area contributed by atoms with Crippen molar-refractivity contribution in [1.29, 1.82) is 0 Å². The van der Waals surface area contributed by atoms with Crippen molar-refractivity contribution < 1.29 is 4.79 Å². The van der Waals surface area contributed by atoms with E-state index < -0.39 is 11.5 Å². The van der Waals surface area contributed by atoms with E-state index in [9.17, 15) is 9.59 Å². The standard InChI is InChI=1S/C14H14ClN3O2/c1-8-4-3-5-16-12(8)9(2)18-14(20)11-6-10(15)7-17-13(11)19/h3-7,9H,1-2H3,(H,17,19)(H,18,20)/t9-/m0/s1. The minimum absolute atomic E-state index is 0.0158. The maximum atomic E-state index is 12.1. The number of H-pyrrole nitrogens is 1. The van der Waals surface area contributed by atoms with Gasteiger partial charge in [-0.15, -0.1) is 0 Å². The van der Waals surface area contributed by atoms with Crippen LogP contribution in [0.5, 0.6) is 0 Å². The molecule has 0 saturated carbocycles. The molecule has 104 valence electrons. The number of carbonyl (C=O) groups excluding carboxylic acids is 1. The Kier molecular flexibility index (Phi) is 4.20. The highest BCUT2D eigenvalue weighted by Gasteiger charge is 2.16. The molecule has 0 saturated heterocycles. The fourth-order valence-corrected chi connectivity index (χ4v) is 2.08. The molecule has 0 aromatic carbocycles. The number of rotatable bonds is 3. The Morgan fingerprint density at radius 3 is 2.95 bits per heavy atom. The highest BCUT2D eigenvalue weighted by atomic mass is 35.5. The van der Waals surface area contributed by atoms with E-state index in [-0.39, 0.29) is 11.6 Å². The molecule has 2 aromatic heterocycles. The number of hydrogen-bond acceptors (Lipinski definition) is 3. The summed E-state index contributed by atoms with van der Waals surface area (Å²) in [6.45, 7) is 3.73. The van der Waals surface area contributed by atoms with Gasteiger partial charge < -0.3 is 10.3 Å². The SMILES string of the molecule is Cc1cccnc1[C@H](C)NC(=O)c1cc(Cl)c[nH]c1=O. The number of carbonyl (C=O) groups is 1. The summed E-state index contributed by atoms with van der Waals surface area (Å²) < 4.78 is 0. The van der Waals surface area contributed by atoms with Crippen molar-refractivity contribution in [3.8, 4) is 0 Å². The van der Waals surface area contributed by atoms with E-state index in [1.165, 1.54) is 12.3 Å². The lowest BCUT2D eigenvalue weighted by Crippen LogP contribution is -2.32. The maximum absolute atomic E-state index is 12.1. The zero-order valence-electron chi connectivity index (χ0n) is 11.1. The molecule has 0 radical (unpaired) electrons. The molecule has 0 fully saturated rings. The van der Waals surface area contributed by atoms with Crippen molar-refractivity contribution in [1.82, 2.24) is 15.3 Å². The summed E-state index contributed by atoms with van der Waals surface area (Å²) in [6, 6.07) is 4.78. The van der Waals surface area contributed by atoms with Gasteiger partial charge in [-0.25, -0.2) is 0 Å². The predicted octanol–water partition coefficient (Wildman–Crippen LogP) is 2.22. The maximum Gasteiger partial charge on any atom is 0.260 e. The van der Waals surface area contributed by atoms with Crippen LogP contribution in [0.25, 0.3) is 0 Å². The second-order valence-corrected chi connectivity index (χ2v) is 4.90. The highest BCUT2D eigenvalue weighted by Crippen LogP contribution is 2.14. The van der Waals surface area contributed by atoms with Crippen LogP contribution in [0.2, 0.25) is 5.02 Å². The number of nitrogens with one attached hydrogen (secondary N) is 2. The quantitative estimate of drug-likeness (QED) is 0.910. The van der Waals surface area contributed by atoms with E-state index >= 15 is 0 Å². The number of pyridine rings is 2. The van der Waals surface area contributed by atoms with Crippen LogP contribution in [-0.2, 0) is 0 Å². The van der Waals surface area contributed by atoms with Crippen LogP contribution in [0.15, 0.2) is 35.4 Å². The van der Waals surface area contributed by atoms with Gasteiger partial charge in [0.2, 0.25) is 0 Å². The largest absolute Gasteiger partial charge is 0.344 e. The Hall–Kier alpha value is -2.14. The molecule has 6 heteroatoms. The van der Waals surface area contributed by atoms with Crippen LogP contribution in [0.1, 0.15) is 34.6 Å². The van der Waals surface area contributed by atoms with E-state index in [2.05, 4.69) is 15.3 Å². The molecule has 0 unspecified atom stereocenters. The molecular formula is C14H14ClN3O2. The minimum atomic E-state index is -0.480. The Balaban J connectivity index is 2.22. The molecule has 2 N–H and O–H groups in total. The van der Waals surface area contributed by atoms with Gasteiger partial charge in [0.05, 0.1) is 16.8 Å². The number of aromatic amines is 1. The topological polar surface area (TPSA) is 74.8 Å². The zero-order valence-corrected chi connectivity index (χ0v) is 11.9. The highest BCUT2D eigenvalue weighted by molar-refractivity contribution is 6.30. The average molecular weight is 292 g/mol. The van der Waals surface area contributed by atoms with Gasteiger partial charge in [0.25, 0.3) is 11.5 Å². The third kappa shape index (κ3) is 3.05. The van der Waals surface area contributed by atoms with Crippen LogP contribution in [0.4, 0.5) is 0 Å². The number of hydrogen-bond donors (Lipinski definition) is 2. The van der Waals surface area contributed by atoms with Gasteiger partial charge in [-0.05, 0) is 31.5 Å². The molecule has 2 aromatic rings. The van der Waals surface area contributed by atoms with Gasteiger partial charge in [-0.2, -0.15) is 0 Å². The van der Waals surface area contributed by atoms with Crippen molar-refractivity contribution in [2.24, 2.45) is 0 Å². The second-order valence-electron chi connectivity index (χ2n) is 4.46. The number of halogens is 1. The third-order valence-electron chi connectivity index (χ3n) is 2.92. The average Bonchev–Trinajstić information content (AvgIpc) is 2.41. The summed E-state index contributed by atoms with van der Waals surface area (Å²) in [5.74, 6) is -0.480. The molecule has 2 heterocycles. The van der Waals surface area contributed by atoms with Gasteiger partial charge in [0.15, 0.2) is 0 Å². The zero-order chi connectivity index (χ0) is 14.7. The third-order valence-corrected chi connectivity index (χ3v) is 3.14. The van der Waals surface area contributed by atoms with Crippen molar-refractivity contribution in [2.75, 3.05) is 0 Å². The first-order valence-electron chi connectivity index (χ1n) is 6.09. The summed E-state index contributed by atoms with van der Waals surface area (Å²) in [6.07, 6.45) is 3.00. The molecule has 5 nitrogen and oxygen atoms in total. The first-order chi connectivity index (χ1) is 9.49. The fraction of sp³-hybridized carbons (Fsp3) is 0.214. The Morgan fingerprint density at radius 1 is 1.50 bits per heavy atom. The van der Waals surface area contributed by atoms with Crippen LogP contribution < -0.4 is 10.9 Å². The molecule has 0 bridgehead atoms. The van der Waals surface area contributed by atoms with Gasteiger partial charge in [-0.3, -0.25) is 14.6 Å². The second kappa shape index (κ2) is 5.88. The van der Waals surface area contributed by atoms with Gasteiger partial charge >= 0.3 is 0 Å². The lowest BCUT2D eigenvalue weighted by atomic mass is 10.1. The molecule has 20 heavy (non-hydrogen) atoms. The van der Waals surface area contributed by atoms with Crippen LogP contribution >= 0.6 is 11.6 Å². The number of nitrogens with zero attached hydrogens (tertiary/aromatic N) is 1. The summed E-state index contributed by atoms with van der Waals surface area (Å²) in [5, 5.41) is 3.04. The lowest BCUT2D eigenvalue weighted by molar-refractivity contribution is 0.0937. The monoisotopic (exact) mass is 291 g/mol. The van der Waals surface area contributed by atoms with Gasteiger partial charge in [0.1, 0.15) is 5.56 Å². The van der Waals surface area contributed by atoms with Crippen molar-refractivity contribution >= 4 is 17.5 Å². The fourth-order valence-electron chi connectivity index (χ4n) is 1.92. The lowest BCUT2D eigenvalue weighted by Gasteiger charge is -2.15. The minimum Gasteiger partial charge on any atom is -0.344 e. The van der Waals surface area contributed by atoms with Gasteiger partial charge in [0, 0.05) is 12.4 Å². The van der Waals surface area contributed by atoms with E-state index in [4.69, 9.17) is 11.6 Å². The molecule has 2 rings (SSSR count). The Bertz CT molecular complexity index is 697. The summed E-state index contributed by atoms with van der Waals surface area (Å²) in [5.41, 5.74) is 1.24. The molecule has 0 aliphatic heterocycles. The van der Waals surface area contributed by atoms with Gasteiger partial charge in [-0.1, -0.05) is 17.7 Å². The first kappa shape index (κ1) is 14.3. The van der Waals surface area contributed by atoms with Crippen molar-refractivity contribution in [3.63, 3.8) is 0 Å². The van der Waals surface area contributed by atoms with E-state index in [1.807, 2.05) is 26.0 Å². The number of aromatic nitrogens is 2. The first-order valence-corrected chi connectivity index (χ1v) is 6.47. The summed E-state index contributed by atoms with van der Waals surface area (Å²) >= 11 is 5.78. The summed E-state index contributed by atoms with van der Waals surface area (Å²) in [7, 11) is 0. The number of aryl methyl sites for hydroxylation is 1. The van der Waals surface area contributed by atoms with Crippen LogP contribution in [-0.4, -0.2) is 15.9 Å². The number of amides is 1. The molecule has 1 atom stereocenters. The van der Waals surface area contributed by atoms with Crippen molar-refractivity contribution in [2.45, 2.75) is 19.9 Å². The van der Waals surface area contributed by atoms with E-state index in [1.54, 1.807) is 6.20 Å². The van der Waals surface area contributed by atoms with E-state index in [0.29, 0.717) is 5.02 Å². The normalized spacial score (nSPS) is 11.9. The molecule has 0 aliphatic carbocycles. The predicted molar refractivity (Wildman–Crippen MR) is 76.9 cm³/mol. The van der Waals surface area contributed by atoms with E-state index in [0.717, 1.165) is 11.3 Å². The Morgan fingerprint density at radius 2 is 2.25 bits per heavy atom. The molecule has 0 aliphatic rings. The summed E-state index contributed by atoms with van der Waals surface area (Å²) in [4.78, 5) is 30.4. The van der Waals surface area contributed by atoms with Crippen LogP contribution in [0, 0.1) is 6.92 Å².